The van der Waals surface area contributed by atoms with Crippen molar-refractivity contribution in [3.8, 4) is 0 Å². The fourth-order valence-electron chi connectivity index (χ4n) is 2.47. The number of fused-ring (bicyclic) bond motifs is 1. The van der Waals surface area contributed by atoms with E-state index in [0.29, 0.717) is 12.1 Å². The third kappa shape index (κ3) is 2.38. The van der Waals surface area contributed by atoms with Crippen LogP contribution in [0, 0.1) is 0 Å². The number of hydrogen-bond acceptors (Lipinski definition) is 2. The van der Waals surface area contributed by atoms with Crippen molar-refractivity contribution >= 4 is 5.69 Å². The molecule has 0 aliphatic heterocycles. The van der Waals surface area contributed by atoms with Crippen molar-refractivity contribution in [1.82, 2.24) is 5.32 Å². The zero-order chi connectivity index (χ0) is 11.5. The highest BCUT2D eigenvalue weighted by atomic mass is 14.9. The molecule has 0 radical (unpaired) electrons. The number of nitrogens with two attached hydrogens (primary N) is 1. The maximum Gasteiger partial charge on any atom is 0.0325 e. The van der Waals surface area contributed by atoms with Crippen LogP contribution in [-0.4, -0.2) is 6.04 Å². The largest absolute Gasteiger partial charge is 0.399 e. The number of nitrogen functional groups attached to an aromatic ring is 1. The van der Waals surface area contributed by atoms with Gasteiger partial charge in [0.15, 0.2) is 0 Å². The van der Waals surface area contributed by atoms with E-state index < -0.39 is 0 Å². The topological polar surface area (TPSA) is 38.0 Å². The molecule has 88 valence electrons. The summed E-state index contributed by atoms with van der Waals surface area (Å²) in [5.74, 6) is 0. The first-order valence-corrected chi connectivity index (χ1v) is 6.35. The van der Waals surface area contributed by atoms with E-state index in [4.69, 9.17) is 5.73 Å². The Kier molecular flexibility index (Phi) is 3.49. The van der Waals surface area contributed by atoms with Gasteiger partial charge in [-0.1, -0.05) is 13.0 Å². The van der Waals surface area contributed by atoms with Gasteiger partial charge in [0.1, 0.15) is 0 Å². The number of hydrogen-bond donors (Lipinski definition) is 2. The van der Waals surface area contributed by atoms with Crippen LogP contribution < -0.4 is 11.1 Å². The van der Waals surface area contributed by atoms with Crippen LogP contribution in [0.3, 0.4) is 0 Å². The lowest BCUT2D eigenvalue weighted by Crippen LogP contribution is -2.32. The molecule has 0 heterocycles. The van der Waals surface area contributed by atoms with E-state index in [1.54, 1.807) is 0 Å². The molecule has 2 rings (SSSR count). The van der Waals surface area contributed by atoms with E-state index in [0.717, 1.165) is 5.69 Å². The molecule has 1 aliphatic rings. The van der Waals surface area contributed by atoms with Gasteiger partial charge < -0.3 is 11.1 Å². The summed E-state index contributed by atoms with van der Waals surface area (Å²) in [5.41, 5.74) is 9.62. The van der Waals surface area contributed by atoms with Gasteiger partial charge in [0.25, 0.3) is 0 Å². The smallest absolute Gasteiger partial charge is 0.0325 e. The lowest BCUT2D eigenvalue weighted by molar-refractivity contribution is 0.402. The van der Waals surface area contributed by atoms with Crippen LogP contribution in [0.1, 0.15) is 50.3 Å². The van der Waals surface area contributed by atoms with Gasteiger partial charge in [-0.2, -0.15) is 0 Å². The fraction of sp³-hybridized carbons (Fsp3) is 0.571. The van der Waals surface area contributed by atoms with Crippen LogP contribution in [-0.2, 0) is 6.42 Å². The molecular weight excluding hydrogens is 196 g/mol. The molecular formula is C14H22N2. The Morgan fingerprint density at radius 1 is 1.50 bits per heavy atom. The maximum atomic E-state index is 5.83. The minimum absolute atomic E-state index is 0.527. The Labute approximate surface area is 98.2 Å². The summed E-state index contributed by atoms with van der Waals surface area (Å²) < 4.78 is 0. The van der Waals surface area contributed by atoms with Gasteiger partial charge in [-0.25, -0.2) is 0 Å². The normalized spacial score (nSPS) is 21.5. The Balaban J connectivity index is 2.19. The third-order valence-electron chi connectivity index (χ3n) is 3.58. The summed E-state index contributed by atoms with van der Waals surface area (Å²) in [7, 11) is 0. The zero-order valence-electron chi connectivity index (χ0n) is 10.3. The van der Waals surface area contributed by atoms with Crippen LogP contribution >= 0.6 is 0 Å². The number of nitrogens with one attached hydrogen (secondary N) is 1. The van der Waals surface area contributed by atoms with Crippen molar-refractivity contribution in [3.63, 3.8) is 0 Å². The van der Waals surface area contributed by atoms with Crippen LogP contribution in [0.5, 0.6) is 0 Å². The van der Waals surface area contributed by atoms with Crippen LogP contribution in [0.25, 0.3) is 0 Å². The number of anilines is 1. The second kappa shape index (κ2) is 4.88. The van der Waals surface area contributed by atoms with Gasteiger partial charge in [-0.3, -0.25) is 0 Å². The first-order valence-electron chi connectivity index (χ1n) is 6.35. The van der Waals surface area contributed by atoms with Crippen molar-refractivity contribution in [2.45, 2.75) is 51.6 Å². The van der Waals surface area contributed by atoms with Crippen molar-refractivity contribution in [1.29, 1.82) is 0 Å². The quantitative estimate of drug-likeness (QED) is 0.765. The van der Waals surface area contributed by atoms with Crippen LogP contribution in [0.4, 0.5) is 5.69 Å². The highest BCUT2D eigenvalue weighted by molar-refractivity contribution is 5.46. The van der Waals surface area contributed by atoms with Gasteiger partial charge >= 0.3 is 0 Å². The van der Waals surface area contributed by atoms with E-state index in [1.165, 1.54) is 36.8 Å². The number of rotatable bonds is 3. The molecule has 0 bridgehead atoms. The van der Waals surface area contributed by atoms with E-state index in [9.17, 15) is 0 Å². The predicted molar refractivity (Wildman–Crippen MR) is 69.4 cm³/mol. The monoisotopic (exact) mass is 218 g/mol. The van der Waals surface area contributed by atoms with Gasteiger partial charge in [-0.15, -0.1) is 0 Å². The summed E-state index contributed by atoms with van der Waals surface area (Å²) in [6.45, 7) is 4.48. The molecule has 0 spiro atoms. The van der Waals surface area contributed by atoms with Crippen molar-refractivity contribution < 1.29 is 0 Å². The first kappa shape index (κ1) is 11.5. The average Bonchev–Trinajstić information content (AvgIpc) is 2.28. The second-order valence-electron chi connectivity index (χ2n) is 4.88. The van der Waals surface area contributed by atoms with Gasteiger partial charge in [0.05, 0.1) is 0 Å². The second-order valence-corrected chi connectivity index (χ2v) is 4.88. The lowest BCUT2D eigenvalue weighted by Gasteiger charge is -2.29. The summed E-state index contributed by atoms with van der Waals surface area (Å²) >= 11 is 0. The maximum absolute atomic E-state index is 5.83. The van der Waals surface area contributed by atoms with E-state index >= 15 is 0 Å². The molecule has 0 amide bonds. The molecule has 3 N–H and O–H groups in total. The van der Waals surface area contributed by atoms with Crippen molar-refractivity contribution in [2.24, 2.45) is 0 Å². The molecule has 0 saturated heterocycles. The zero-order valence-corrected chi connectivity index (χ0v) is 10.3. The number of benzene rings is 1. The third-order valence-corrected chi connectivity index (χ3v) is 3.58. The predicted octanol–water partition coefficient (Wildman–Crippen LogP) is 3.03. The molecule has 1 aromatic rings. The SMILES string of the molecule is CCC(C)NC1CCCc2cc(N)ccc21. The van der Waals surface area contributed by atoms with Crippen LogP contribution in [0.2, 0.25) is 0 Å². The Bertz CT molecular complexity index is 360. The van der Waals surface area contributed by atoms with Gasteiger partial charge in [0, 0.05) is 17.8 Å². The molecule has 2 atom stereocenters. The molecule has 1 aromatic carbocycles. The highest BCUT2D eigenvalue weighted by Gasteiger charge is 2.20. The minimum atomic E-state index is 0.527. The first-order chi connectivity index (χ1) is 7.70. The van der Waals surface area contributed by atoms with E-state index in [2.05, 4.69) is 31.3 Å². The van der Waals surface area contributed by atoms with Crippen molar-refractivity contribution in [3.05, 3.63) is 29.3 Å². The summed E-state index contributed by atoms with van der Waals surface area (Å²) in [5, 5.41) is 3.70. The molecule has 2 nitrogen and oxygen atoms in total. The summed E-state index contributed by atoms with van der Waals surface area (Å²) in [4.78, 5) is 0. The lowest BCUT2D eigenvalue weighted by atomic mass is 9.87. The molecule has 0 aromatic heterocycles. The molecule has 16 heavy (non-hydrogen) atoms. The Hall–Kier alpha value is -1.02. The molecule has 1 aliphatic carbocycles. The van der Waals surface area contributed by atoms with E-state index in [-0.39, 0.29) is 0 Å². The number of aryl methyl sites for hydroxylation is 1. The highest BCUT2D eigenvalue weighted by Crippen LogP contribution is 2.31. The van der Waals surface area contributed by atoms with E-state index in [1.807, 2.05) is 6.07 Å². The van der Waals surface area contributed by atoms with Crippen LogP contribution in [0.15, 0.2) is 18.2 Å². The van der Waals surface area contributed by atoms with Gasteiger partial charge in [-0.05, 0) is 55.9 Å². The molecule has 0 saturated carbocycles. The molecule has 2 heteroatoms. The summed E-state index contributed by atoms with van der Waals surface area (Å²) in [6, 6.07) is 7.48. The Morgan fingerprint density at radius 2 is 2.31 bits per heavy atom. The Morgan fingerprint density at radius 3 is 3.06 bits per heavy atom. The molecule has 0 fully saturated rings. The summed E-state index contributed by atoms with van der Waals surface area (Å²) in [6.07, 6.45) is 4.88. The van der Waals surface area contributed by atoms with Gasteiger partial charge in [0.2, 0.25) is 0 Å². The van der Waals surface area contributed by atoms with Crippen molar-refractivity contribution in [2.75, 3.05) is 5.73 Å². The minimum Gasteiger partial charge on any atom is -0.399 e. The standard InChI is InChI=1S/C14H22N2/c1-3-10(2)16-14-6-4-5-11-9-12(15)7-8-13(11)14/h7-10,14,16H,3-6,15H2,1-2H3. The molecule has 2 unspecified atom stereocenters. The fourth-order valence-corrected chi connectivity index (χ4v) is 2.47. The average molecular weight is 218 g/mol.